The van der Waals surface area contributed by atoms with Crippen LogP contribution in [0.3, 0.4) is 0 Å². The van der Waals surface area contributed by atoms with Crippen LogP contribution < -0.4 is 0 Å². The van der Waals surface area contributed by atoms with E-state index in [0.717, 1.165) is 0 Å². The molecule has 1 aromatic rings. The first-order valence-electron chi connectivity index (χ1n) is 4.67. The van der Waals surface area contributed by atoms with Crippen molar-refractivity contribution in [1.29, 1.82) is 0 Å². The summed E-state index contributed by atoms with van der Waals surface area (Å²) in [4.78, 5) is 0. The molecule has 14 heavy (non-hydrogen) atoms. The molecule has 1 saturated carbocycles. The Morgan fingerprint density at radius 2 is 1.93 bits per heavy atom. The van der Waals surface area contributed by atoms with Gasteiger partial charge in [0.2, 0.25) is 0 Å². The molecule has 1 aromatic carbocycles. The van der Waals surface area contributed by atoms with Gasteiger partial charge in [0.15, 0.2) is 0 Å². The van der Waals surface area contributed by atoms with Crippen molar-refractivity contribution < 1.29 is 13.2 Å². The molecule has 0 amide bonds. The van der Waals surface area contributed by atoms with E-state index in [1.165, 1.54) is 25.1 Å². The molecule has 0 saturated heterocycles. The lowest BCUT2D eigenvalue weighted by Gasteiger charge is -2.17. The second-order valence-electron chi connectivity index (χ2n) is 3.83. The highest BCUT2D eigenvalue weighted by atomic mass is 19.3. The van der Waals surface area contributed by atoms with Gasteiger partial charge in [0, 0.05) is 5.92 Å². The van der Waals surface area contributed by atoms with Crippen molar-refractivity contribution >= 4 is 0 Å². The predicted octanol–water partition coefficient (Wildman–Crippen LogP) is 3.64. The molecule has 0 aromatic heterocycles. The molecule has 0 N–H and O–H groups in total. The van der Waals surface area contributed by atoms with Crippen molar-refractivity contribution in [2.45, 2.75) is 25.7 Å². The molecule has 0 radical (unpaired) electrons. The lowest BCUT2D eigenvalue weighted by Crippen LogP contribution is -2.18. The van der Waals surface area contributed by atoms with Crippen LogP contribution in [0.4, 0.5) is 13.2 Å². The fraction of sp³-hybridized carbons (Fsp3) is 0.455. The Morgan fingerprint density at radius 1 is 1.29 bits per heavy atom. The minimum absolute atomic E-state index is 0.280. The van der Waals surface area contributed by atoms with Crippen LogP contribution in [0.15, 0.2) is 18.2 Å². The monoisotopic (exact) mass is 200 g/mol. The van der Waals surface area contributed by atoms with Crippen LogP contribution in [-0.4, -0.2) is 0 Å². The van der Waals surface area contributed by atoms with Crippen LogP contribution in [0.2, 0.25) is 0 Å². The van der Waals surface area contributed by atoms with E-state index in [1.807, 2.05) is 0 Å². The molecular formula is C11H11F3. The molecule has 0 unspecified atom stereocenters. The summed E-state index contributed by atoms with van der Waals surface area (Å²) in [5, 5.41) is 0. The number of rotatable bonds is 2. The third-order valence-corrected chi connectivity index (χ3v) is 2.64. The van der Waals surface area contributed by atoms with Crippen molar-refractivity contribution in [2.24, 2.45) is 5.92 Å². The van der Waals surface area contributed by atoms with Gasteiger partial charge in [-0.15, -0.1) is 0 Å². The Labute approximate surface area is 80.7 Å². The molecule has 76 valence electrons. The van der Waals surface area contributed by atoms with Crippen molar-refractivity contribution in [3.05, 3.63) is 35.1 Å². The van der Waals surface area contributed by atoms with Crippen LogP contribution in [0, 0.1) is 18.7 Å². The molecule has 0 atom stereocenters. The number of hydrogen-bond donors (Lipinski definition) is 0. The fourth-order valence-electron chi connectivity index (χ4n) is 1.57. The maximum atomic E-state index is 13.5. The number of benzene rings is 1. The highest BCUT2D eigenvalue weighted by Crippen LogP contribution is 2.50. The molecule has 0 nitrogen and oxygen atoms in total. The maximum absolute atomic E-state index is 13.5. The van der Waals surface area contributed by atoms with Gasteiger partial charge in [0.1, 0.15) is 5.82 Å². The van der Waals surface area contributed by atoms with Crippen molar-refractivity contribution in [3.63, 3.8) is 0 Å². The van der Waals surface area contributed by atoms with Gasteiger partial charge in [-0.25, -0.2) is 13.2 Å². The fourth-order valence-corrected chi connectivity index (χ4v) is 1.57. The second kappa shape index (κ2) is 3.01. The van der Waals surface area contributed by atoms with Crippen LogP contribution in [0.25, 0.3) is 0 Å². The quantitative estimate of drug-likeness (QED) is 0.683. The summed E-state index contributed by atoms with van der Waals surface area (Å²) < 4.78 is 40.5. The largest absolute Gasteiger partial charge is 0.278 e. The first-order chi connectivity index (χ1) is 6.53. The zero-order valence-corrected chi connectivity index (χ0v) is 7.86. The maximum Gasteiger partial charge on any atom is 0.278 e. The Bertz CT molecular complexity index is 354. The standard InChI is InChI=1S/C11H11F3/c1-7-3-2-4-9(10(7)12)11(13,14)8-5-6-8/h2-4,8H,5-6H2,1H3. The van der Waals surface area contributed by atoms with Crippen LogP contribution >= 0.6 is 0 Å². The minimum Gasteiger partial charge on any atom is -0.206 e. The highest BCUT2D eigenvalue weighted by Gasteiger charge is 2.49. The van der Waals surface area contributed by atoms with E-state index in [1.54, 1.807) is 0 Å². The topological polar surface area (TPSA) is 0 Å². The summed E-state index contributed by atoms with van der Waals surface area (Å²) in [6.45, 7) is 1.50. The van der Waals surface area contributed by atoms with Crippen molar-refractivity contribution in [2.75, 3.05) is 0 Å². The zero-order valence-electron chi connectivity index (χ0n) is 7.86. The summed E-state index contributed by atoms with van der Waals surface area (Å²) in [5.41, 5.74) is -0.164. The van der Waals surface area contributed by atoms with Crippen LogP contribution in [0.5, 0.6) is 0 Å². The summed E-state index contributed by atoms with van der Waals surface area (Å²) in [6, 6.07) is 4.16. The second-order valence-corrected chi connectivity index (χ2v) is 3.83. The van der Waals surface area contributed by atoms with E-state index in [0.29, 0.717) is 12.8 Å². The van der Waals surface area contributed by atoms with Crippen LogP contribution in [0.1, 0.15) is 24.0 Å². The van der Waals surface area contributed by atoms with Crippen molar-refractivity contribution in [1.82, 2.24) is 0 Å². The van der Waals surface area contributed by atoms with E-state index in [-0.39, 0.29) is 5.56 Å². The molecule has 0 spiro atoms. The Balaban J connectivity index is 2.44. The van der Waals surface area contributed by atoms with Gasteiger partial charge in [-0.3, -0.25) is 0 Å². The molecule has 0 heterocycles. The zero-order chi connectivity index (χ0) is 10.3. The number of hydrogen-bond acceptors (Lipinski definition) is 0. The molecule has 0 aliphatic heterocycles. The Morgan fingerprint density at radius 3 is 2.50 bits per heavy atom. The van der Waals surface area contributed by atoms with Gasteiger partial charge >= 0.3 is 0 Å². The summed E-state index contributed by atoms with van der Waals surface area (Å²) >= 11 is 0. The Kier molecular flexibility index (Phi) is 2.05. The van der Waals surface area contributed by atoms with E-state index >= 15 is 0 Å². The lowest BCUT2D eigenvalue weighted by atomic mass is 10.0. The van der Waals surface area contributed by atoms with E-state index in [9.17, 15) is 13.2 Å². The average molecular weight is 200 g/mol. The minimum atomic E-state index is -2.99. The highest BCUT2D eigenvalue weighted by molar-refractivity contribution is 5.29. The first-order valence-corrected chi connectivity index (χ1v) is 4.67. The number of aryl methyl sites for hydroxylation is 1. The molecule has 1 aliphatic carbocycles. The third-order valence-electron chi connectivity index (χ3n) is 2.64. The molecule has 3 heteroatoms. The van der Waals surface area contributed by atoms with E-state index in [2.05, 4.69) is 0 Å². The average Bonchev–Trinajstić information content (AvgIpc) is 2.92. The summed E-state index contributed by atoms with van der Waals surface area (Å²) in [5.74, 6) is -4.40. The Hall–Kier alpha value is -0.990. The summed E-state index contributed by atoms with van der Waals surface area (Å²) in [6.07, 6.45) is 1.00. The van der Waals surface area contributed by atoms with Gasteiger partial charge in [-0.2, -0.15) is 0 Å². The van der Waals surface area contributed by atoms with Gasteiger partial charge in [0.05, 0.1) is 5.56 Å². The number of halogens is 3. The van der Waals surface area contributed by atoms with Crippen molar-refractivity contribution in [3.8, 4) is 0 Å². The SMILES string of the molecule is Cc1cccc(C(F)(F)C2CC2)c1F. The van der Waals surface area contributed by atoms with Crippen LogP contribution in [-0.2, 0) is 5.92 Å². The molecule has 2 rings (SSSR count). The van der Waals surface area contributed by atoms with Gasteiger partial charge in [-0.1, -0.05) is 18.2 Å². The molecular weight excluding hydrogens is 189 g/mol. The lowest BCUT2D eigenvalue weighted by molar-refractivity contribution is -0.0318. The van der Waals surface area contributed by atoms with Gasteiger partial charge in [0.25, 0.3) is 5.92 Å². The van der Waals surface area contributed by atoms with E-state index in [4.69, 9.17) is 0 Å². The first kappa shape index (κ1) is 9.56. The molecule has 0 bridgehead atoms. The molecule has 1 fully saturated rings. The van der Waals surface area contributed by atoms with Gasteiger partial charge in [-0.05, 0) is 25.3 Å². The normalized spacial score (nSPS) is 17.1. The summed E-state index contributed by atoms with van der Waals surface area (Å²) in [7, 11) is 0. The predicted molar refractivity (Wildman–Crippen MR) is 47.8 cm³/mol. The van der Waals surface area contributed by atoms with E-state index < -0.39 is 23.2 Å². The smallest absolute Gasteiger partial charge is 0.206 e. The molecule has 1 aliphatic rings. The van der Waals surface area contributed by atoms with Gasteiger partial charge < -0.3 is 0 Å². The number of alkyl halides is 2. The third kappa shape index (κ3) is 1.41.